The van der Waals surface area contributed by atoms with Crippen molar-refractivity contribution >= 4 is 16.1 Å². The average Bonchev–Trinajstić information content (AvgIpc) is 1.99. The Morgan fingerprint density at radius 3 is 2.36 bits per heavy atom. The quantitative estimate of drug-likeness (QED) is 0.529. The van der Waals surface area contributed by atoms with Gasteiger partial charge in [-0.15, -0.1) is 0 Å². The molecular weight excluding hydrogens is 210 g/mol. The summed E-state index contributed by atoms with van der Waals surface area (Å²) in [5.41, 5.74) is 0. The molecule has 0 saturated carbocycles. The summed E-state index contributed by atoms with van der Waals surface area (Å²) in [4.78, 5) is 10.8. The molecular formula is C7H17NO5S. The molecule has 7 heteroatoms. The van der Waals surface area contributed by atoms with Crippen LogP contribution in [-0.4, -0.2) is 30.8 Å². The molecule has 14 heavy (non-hydrogen) atoms. The van der Waals surface area contributed by atoms with Gasteiger partial charge in [-0.25, -0.2) is 0 Å². The maximum atomic E-state index is 10.8. The number of hydrogen-bond donors (Lipinski definition) is 2. The largest absolute Gasteiger partial charge is 0.464 e. The summed E-state index contributed by atoms with van der Waals surface area (Å²) >= 11 is 0. The van der Waals surface area contributed by atoms with E-state index in [1.807, 2.05) is 6.92 Å². The van der Waals surface area contributed by atoms with Crippen LogP contribution in [0.15, 0.2) is 0 Å². The topological polar surface area (TPSA) is 116 Å². The first kappa shape index (κ1) is 15.8. The Hall–Kier alpha value is -0.660. The minimum absolute atomic E-state index is 0. The summed E-state index contributed by atoms with van der Waals surface area (Å²) in [5, 5.41) is -1.06. The predicted molar refractivity (Wildman–Crippen MR) is 51.9 cm³/mol. The summed E-state index contributed by atoms with van der Waals surface area (Å²) in [7, 11) is -4.09. The lowest BCUT2D eigenvalue weighted by atomic mass is 10.3. The van der Waals surface area contributed by atoms with Crippen molar-refractivity contribution in [1.29, 1.82) is 0 Å². The van der Waals surface area contributed by atoms with Crippen molar-refractivity contribution in [3.63, 3.8) is 0 Å². The van der Waals surface area contributed by atoms with E-state index in [-0.39, 0.29) is 19.2 Å². The van der Waals surface area contributed by atoms with E-state index in [1.165, 1.54) is 6.92 Å². The van der Waals surface area contributed by atoms with Gasteiger partial charge in [-0.3, -0.25) is 9.35 Å². The van der Waals surface area contributed by atoms with Crippen molar-refractivity contribution in [2.24, 2.45) is 0 Å². The second-order valence-corrected chi connectivity index (χ2v) is 4.59. The van der Waals surface area contributed by atoms with Gasteiger partial charge in [0.2, 0.25) is 0 Å². The number of carbonyl (C=O) groups excluding carboxylic acids is 1. The molecule has 0 fully saturated rings. The van der Waals surface area contributed by atoms with Gasteiger partial charge in [-0.2, -0.15) is 8.42 Å². The first-order valence-electron chi connectivity index (χ1n) is 3.99. The predicted octanol–water partition coefficient (Wildman–Crippen LogP) is 0.768. The Labute approximate surface area is 84.0 Å². The van der Waals surface area contributed by atoms with Crippen LogP contribution < -0.4 is 6.15 Å². The highest BCUT2D eigenvalue weighted by molar-refractivity contribution is 7.86. The van der Waals surface area contributed by atoms with Crippen LogP contribution in [0.4, 0.5) is 0 Å². The molecule has 0 amide bonds. The van der Waals surface area contributed by atoms with E-state index < -0.39 is 21.3 Å². The second-order valence-electron chi connectivity index (χ2n) is 2.76. The fraction of sp³-hybridized carbons (Fsp3) is 0.857. The minimum atomic E-state index is -4.09. The van der Waals surface area contributed by atoms with E-state index in [2.05, 4.69) is 4.74 Å². The minimum Gasteiger partial charge on any atom is -0.464 e. The zero-order valence-electron chi connectivity index (χ0n) is 8.39. The van der Waals surface area contributed by atoms with Crippen molar-refractivity contribution in [3.8, 4) is 0 Å². The van der Waals surface area contributed by atoms with Crippen molar-refractivity contribution in [2.45, 2.75) is 31.9 Å². The Balaban J connectivity index is 0. The highest BCUT2D eigenvalue weighted by Crippen LogP contribution is 2.00. The summed E-state index contributed by atoms with van der Waals surface area (Å²) in [6.07, 6.45) is 0.914. The third kappa shape index (κ3) is 6.81. The Morgan fingerprint density at radius 1 is 1.50 bits per heavy atom. The molecule has 4 N–H and O–H groups in total. The molecule has 0 aliphatic heterocycles. The van der Waals surface area contributed by atoms with E-state index in [9.17, 15) is 13.2 Å². The molecule has 0 heterocycles. The number of rotatable bonds is 5. The number of carbonyl (C=O) groups is 1. The molecule has 0 aromatic carbocycles. The molecule has 0 spiro atoms. The maximum Gasteiger partial charge on any atom is 0.305 e. The fourth-order valence-corrected chi connectivity index (χ4v) is 0.813. The number of ether oxygens (including phenoxy) is 1. The van der Waals surface area contributed by atoms with Gasteiger partial charge in [0.1, 0.15) is 11.9 Å². The van der Waals surface area contributed by atoms with Crippen molar-refractivity contribution in [3.05, 3.63) is 0 Å². The second kappa shape index (κ2) is 6.74. The summed E-state index contributed by atoms with van der Waals surface area (Å²) in [6.45, 7) is 2.79. The van der Waals surface area contributed by atoms with Crippen LogP contribution in [0.2, 0.25) is 0 Å². The zero-order valence-corrected chi connectivity index (χ0v) is 9.21. The maximum absolute atomic E-state index is 10.8. The molecule has 0 bridgehead atoms. The standard InChI is InChI=1S/C7H14O5S.H3N/c1-3-4-7(8)12-5-6(2)13(9,10)11;/h6H,3-5H2,1-2H3,(H,9,10,11);1H3. The van der Waals surface area contributed by atoms with E-state index in [0.29, 0.717) is 6.42 Å². The normalized spacial score (nSPS) is 12.8. The third-order valence-electron chi connectivity index (χ3n) is 1.44. The van der Waals surface area contributed by atoms with Gasteiger partial charge < -0.3 is 10.9 Å². The molecule has 0 aliphatic carbocycles. The summed E-state index contributed by atoms with van der Waals surface area (Å²) in [6, 6.07) is 0. The molecule has 0 aromatic heterocycles. The van der Waals surface area contributed by atoms with Crippen LogP contribution in [0.3, 0.4) is 0 Å². The lowest BCUT2D eigenvalue weighted by Crippen LogP contribution is -2.24. The molecule has 0 aromatic rings. The van der Waals surface area contributed by atoms with Gasteiger partial charge in [-0.05, 0) is 13.3 Å². The average molecular weight is 227 g/mol. The lowest BCUT2D eigenvalue weighted by Gasteiger charge is -2.08. The van der Waals surface area contributed by atoms with Gasteiger partial charge in [0.15, 0.2) is 0 Å². The van der Waals surface area contributed by atoms with E-state index >= 15 is 0 Å². The Kier molecular flexibility index (Phi) is 7.61. The van der Waals surface area contributed by atoms with Crippen molar-refractivity contribution < 1.29 is 22.5 Å². The highest BCUT2D eigenvalue weighted by Gasteiger charge is 2.18. The van der Waals surface area contributed by atoms with E-state index in [1.54, 1.807) is 0 Å². The molecule has 1 atom stereocenters. The SMILES string of the molecule is CCCC(=O)OCC(C)S(=O)(=O)O.N. The first-order valence-corrected chi connectivity index (χ1v) is 5.50. The fourth-order valence-electron chi connectivity index (χ4n) is 0.573. The van der Waals surface area contributed by atoms with Gasteiger partial charge >= 0.3 is 5.97 Å². The molecule has 0 radical (unpaired) electrons. The zero-order chi connectivity index (χ0) is 10.5. The van der Waals surface area contributed by atoms with E-state index in [4.69, 9.17) is 4.55 Å². The van der Waals surface area contributed by atoms with Crippen LogP contribution in [0.5, 0.6) is 0 Å². The van der Waals surface area contributed by atoms with Crippen LogP contribution in [0.25, 0.3) is 0 Å². The van der Waals surface area contributed by atoms with Gasteiger partial charge in [-0.1, -0.05) is 6.92 Å². The molecule has 0 rings (SSSR count). The van der Waals surface area contributed by atoms with Crippen LogP contribution in [0, 0.1) is 0 Å². The molecule has 6 nitrogen and oxygen atoms in total. The summed E-state index contributed by atoms with van der Waals surface area (Å²) < 4.78 is 34.0. The number of esters is 1. The van der Waals surface area contributed by atoms with Crippen LogP contribution >= 0.6 is 0 Å². The molecule has 1 unspecified atom stereocenters. The molecule has 0 aliphatic rings. The van der Waals surface area contributed by atoms with Gasteiger partial charge in [0.05, 0.1) is 0 Å². The molecule has 86 valence electrons. The van der Waals surface area contributed by atoms with Crippen LogP contribution in [-0.2, 0) is 19.6 Å². The Bertz CT molecular complexity index is 261. The third-order valence-corrected chi connectivity index (χ3v) is 2.59. The monoisotopic (exact) mass is 227 g/mol. The van der Waals surface area contributed by atoms with Gasteiger partial charge in [0.25, 0.3) is 10.1 Å². The number of hydrogen-bond acceptors (Lipinski definition) is 5. The lowest BCUT2D eigenvalue weighted by molar-refractivity contribution is -0.143. The first-order chi connectivity index (χ1) is 5.88. The highest BCUT2D eigenvalue weighted by atomic mass is 32.2. The Morgan fingerprint density at radius 2 is 2.00 bits per heavy atom. The van der Waals surface area contributed by atoms with Crippen molar-refractivity contribution in [1.82, 2.24) is 6.15 Å². The van der Waals surface area contributed by atoms with Gasteiger partial charge in [0, 0.05) is 6.42 Å². The molecule has 0 saturated heterocycles. The smallest absolute Gasteiger partial charge is 0.305 e. The summed E-state index contributed by atoms with van der Waals surface area (Å²) in [5.74, 6) is -0.446. The van der Waals surface area contributed by atoms with Crippen molar-refractivity contribution in [2.75, 3.05) is 6.61 Å². The van der Waals surface area contributed by atoms with Crippen LogP contribution in [0.1, 0.15) is 26.7 Å². The van der Waals surface area contributed by atoms with E-state index in [0.717, 1.165) is 0 Å².